The summed E-state index contributed by atoms with van der Waals surface area (Å²) in [6, 6.07) is 5.29. The van der Waals surface area contributed by atoms with E-state index in [1.807, 2.05) is 13.0 Å². The van der Waals surface area contributed by atoms with Crippen molar-refractivity contribution >= 4 is 16.8 Å². The molecule has 0 aliphatic carbocycles. The van der Waals surface area contributed by atoms with E-state index in [4.69, 9.17) is 9.47 Å². The van der Waals surface area contributed by atoms with Crippen LogP contribution in [0.5, 0.6) is 11.5 Å². The molecule has 1 aromatic carbocycles. The average molecular weight is 383 g/mol. The first-order valence-electron chi connectivity index (χ1n) is 8.48. The van der Waals surface area contributed by atoms with Gasteiger partial charge in [0.25, 0.3) is 5.56 Å². The molecule has 0 saturated heterocycles. The molecule has 2 aromatic rings. The molecule has 0 unspecified atom stereocenters. The van der Waals surface area contributed by atoms with E-state index < -0.39 is 0 Å². The molecule has 0 amide bonds. The summed E-state index contributed by atoms with van der Waals surface area (Å²) >= 11 is 1.36. The van der Waals surface area contributed by atoms with E-state index in [1.165, 1.54) is 22.7 Å². The zero-order chi connectivity index (χ0) is 19.4. The van der Waals surface area contributed by atoms with Crippen LogP contribution in [0.4, 0.5) is 0 Å². The minimum absolute atomic E-state index is 0.132. The van der Waals surface area contributed by atoms with Crippen LogP contribution < -0.4 is 15.0 Å². The molecule has 140 valence electrons. The lowest BCUT2D eigenvalue weighted by Crippen LogP contribution is -2.21. The van der Waals surface area contributed by atoms with Gasteiger partial charge in [-0.05, 0) is 12.5 Å². The maximum absolute atomic E-state index is 13.0. The second-order valence-electron chi connectivity index (χ2n) is 5.90. The highest BCUT2D eigenvalue weighted by molar-refractivity contribution is 8.14. The van der Waals surface area contributed by atoms with Gasteiger partial charge in [-0.25, -0.2) is 4.98 Å². The van der Waals surface area contributed by atoms with E-state index in [-0.39, 0.29) is 5.56 Å². The Balaban J connectivity index is 1.94. The van der Waals surface area contributed by atoms with Crippen molar-refractivity contribution in [2.24, 2.45) is 4.99 Å². The second kappa shape index (κ2) is 8.26. The zero-order valence-corrected chi connectivity index (χ0v) is 16.4. The van der Waals surface area contributed by atoms with Crippen molar-refractivity contribution in [3.05, 3.63) is 65.0 Å². The molecular formula is C20H21N3O3S. The number of allylic oxidation sites excluding steroid dienone is 2. The molecule has 1 aromatic heterocycles. The lowest BCUT2D eigenvalue weighted by Gasteiger charge is -2.11. The number of aliphatic imine (C=N–C) groups is 1. The summed E-state index contributed by atoms with van der Waals surface area (Å²) in [5.41, 5.74) is 2.26. The minimum atomic E-state index is -0.132. The summed E-state index contributed by atoms with van der Waals surface area (Å²) in [6.45, 7) is 5.96. The monoisotopic (exact) mass is 383 g/mol. The summed E-state index contributed by atoms with van der Waals surface area (Å²) in [5.74, 6) is 1.21. The number of nitrogens with zero attached hydrogens (tertiary/aromatic N) is 3. The first-order valence-corrected chi connectivity index (χ1v) is 9.30. The molecule has 0 fully saturated rings. The summed E-state index contributed by atoms with van der Waals surface area (Å²) in [6.07, 6.45) is 6.58. The topological polar surface area (TPSA) is 65.7 Å². The van der Waals surface area contributed by atoms with Crippen LogP contribution >= 0.6 is 11.8 Å². The Bertz CT molecular complexity index is 970. The first kappa shape index (κ1) is 19.0. The van der Waals surface area contributed by atoms with E-state index >= 15 is 0 Å². The number of aromatic nitrogens is 2. The molecule has 0 spiro atoms. The Morgan fingerprint density at radius 3 is 2.67 bits per heavy atom. The quantitative estimate of drug-likeness (QED) is 0.711. The maximum atomic E-state index is 13.0. The number of ether oxygens (including phenoxy) is 2. The van der Waals surface area contributed by atoms with Gasteiger partial charge < -0.3 is 9.47 Å². The number of methoxy groups -OCH3 is 2. The van der Waals surface area contributed by atoms with Crippen molar-refractivity contribution in [3.8, 4) is 17.2 Å². The van der Waals surface area contributed by atoms with Gasteiger partial charge in [-0.15, -0.1) is 0 Å². The van der Waals surface area contributed by atoms with Crippen molar-refractivity contribution in [1.82, 2.24) is 9.55 Å². The van der Waals surface area contributed by atoms with E-state index in [2.05, 4.69) is 16.6 Å². The predicted octanol–water partition coefficient (Wildman–Crippen LogP) is 3.78. The molecule has 3 rings (SSSR count). The number of rotatable bonds is 6. The van der Waals surface area contributed by atoms with Crippen LogP contribution in [0, 0.1) is 0 Å². The SMILES string of the molecule is C=C(/C=C\N=C1Cc2ncn(-c3cc(OC)cc(OC)c3)c(=O)c2S1)CC. The Kier molecular flexibility index (Phi) is 5.81. The smallest absolute Gasteiger partial charge is 0.272 e. The Hall–Kier alpha value is -2.80. The molecule has 0 saturated carbocycles. The number of hydrogen-bond donors (Lipinski definition) is 0. The lowest BCUT2D eigenvalue weighted by molar-refractivity contribution is 0.394. The highest BCUT2D eigenvalue weighted by atomic mass is 32.2. The fraction of sp³-hybridized carbons (Fsp3) is 0.250. The summed E-state index contributed by atoms with van der Waals surface area (Å²) in [7, 11) is 3.14. The Morgan fingerprint density at radius 1 is 1.33 bits per heavy atom. The summed E-state index contributed by atoms with van der Waals surface area (Å²) < 4.78 is 12.1. The van der Waals surface area contributed by atoms with Gasteiger partial charge in [-0.2, -0.15) is 0 Å². The van der Waals surface area contributed by atoms with Crippen LogP contribution in [0.2, 0.25) is 0 Å². The first-order chi connectivity index (χ1) is 13.0. The van der Waals surface area contributed by atoms with Crippen LogP contribution in [-0.2, 0) is 6.42 Å². The van der Waals surface area contributed by atoms with Crippen molar-refractivity contribution in [2.45, 2.75) is 24.7 Å². The Morgan fingerprint density at radius 2 is 2.04 bits per heavy atom. The third-order valence-corrected chi connectivity index (χ3v) is 5.24. The van der Waals surface area contributed by atoms with E-state index in [0.29, 0.717) is 28.5 Å². The molecular weight excluding hydrogens is 362 g/mol. The molecule has 6 nitrogen and oxygen atoms in total. The minimum Gasteiger partial charge on any atom is -0.497 e. The van der Waals surface area contributed by atoms with E-state index in [1.54, 1.807) is 38.6 Å². The molecule has 0 radical (unpaired) electrons. The Labute approximate surface area is 162 Å². The average Bonchev–Trinajstić information content (AvgIpc) is 3.11. The second-order valence-corrected chi connectivity index (χ2v) is 6.98. The van der Waals surface area contributed by atoms with Crippen LogP contribution in [0.25, 0.3) is 5.69 Å². The highest BCUT2D eigenvalue weighted by Crippen LogP contribution is 2.30. The summed E-state index contributed by atoms with van der Waals surface area (Å²) in [4.78, 5) is 22.5. The molecule has 7 heteroatoms. The maximum Gasteiger partial charge on any atom is 0.272 e. The zero-order valence-electron chi connectivity index (χ0n) is 15.6. The number of thioether (sulfide) groups is 1. The normalized spacial score (nSPS) is 14.6. The number of hydrogen-bond acceptors (Lipinski definition) is 6. The van der Waals surface area contributed by atoms with Crippen molar-refractivity contribution in [3.63, 3.8) is 0 Å². The van der Waals surface area contributed by atoms with Crippen LogP contribution in [0.3, 0.4) is 0 Å². The molecule has 0 bridgehead atoms. The lowest BCUT2D eigenvalue weighted by atomic mass is 10.2. The highest BCUT2D eigenvalue weighted by Gasteiger charge is 2.24. The number of benzene rings is 1. The molecule has 27 heavy (non-hydrogen) atoms. The molecule has 1 aliphatic heterocycles. The molecule has 0 N–H and O–H groups in total. The van der Waals surface area contributed by atoms with Crippen molar-refractivity contribution in [1.29, 1.82) is 0 Å². The van der Waals surface area contributed by atoms with Crippen molar-refractivity contribution < 1.29 is 9.47 Å². The summed E-state index contributed by atoms with van der Waals surface area (Å²) in [5, 5.41) is 0.843. The van der Waals surface area contributed by atoms with Gasteiger partial charge in [0.1, 0.15) is 22.7 Å². The fourth-order valence-electron chi connectivity index (χ4n) is 2.53. The molecule has 2 heterocycles. The predicted molar refractivity (Wildman–Crippen MR) is 109 cm³/mol. The molecule has 1 aliphatic rings. The fourth-order valence-corrected chi connectivity index (χ4v) is 3.51. The van der Waals surface area contributed by atoms with Gasteiger partial charge in [-0.1, -0.05) is 30.8 Å². The number of fused-ring (bicyclic) bond motifs is 1. The third kappa shape index (κ3) is 4.14. The molecule has 0 atom stereocenters. The standard InChI is InChI=1S/C20H21N3O3S/c1-5-13(2)6-7-21-18-11-17-19(27-18)20(24)23(12-22-17)14-8-15(25-3)10-16(9-14)26-4/h6-10,12H,2,5,11H2,1,3-4H3/b7-6-,21-18?. The van der Waals surface area contributed by atoms with E-state index in [0.717, 1.165) is 22.7 Å². The van der Waals surface area contributed by atoms with Crippen LogP contribution in [-0.4, -0.2) is 28.8 Å². The van der Waals surface area contributed by atoms with Crippen LogP contribution in [0.15, 0.2) is 63.6 Å². The van der Waals surface area contributed by atoms with Gasteiger partial charge in [0.15, 0.2) is 0 Å². The van der Waals surface area contributed by atoms with Crippen molar-refractivity contribution in [2.75, 3.05) is 14.2 Å². The van der Waals surface area contributed by atoms with Crippen LogP contribution in [0.1, 0.15) is 19.0 Å². The largest absolute Gasteiger partial charge is 0.497 e. The van der Waals surface area contributed by atoms with E-state index in [9.17, 15) is 4.79 Å². The van der Waals surface area contributed by atoms with Gasteiger partial charge in [-0.3, -0.25) is 14.4 Å². The van der Waals surface area contributed by atoms with Gasteiger partial charge in [0.2, 0.25) is 0 Å². The van der Waals surface area contributed by atoms with Gasteiger partial charge in [0, 0.05) is 30.8 Å². The van der Waals surface area contributed by atoms with Gasteiger partial charge in [0.05, 0.1) is 30.6 Å². The van der Waals surface area contributed by atoms with Gasteiger partial charge >= 0.3 is 0 Å². The third-order valence-electron chi connectivity index (χ3n) is 4.14.